The third-order valence-corrected chi connectivity index (χ3v) is 15.3. The maximum absolute atomic E-state index is 15.5. The van der Waals surface area contributed by atoms with Crippen molar-refractivity contribution < 1.29 is 96.7 Å². The number of alkyl carbamates (subject to hydrolysis) is 2. The van der Waals surface area contributed by atoms with Crippen molar-refractivity contribution in [2.24, 2.45) is 5.92 Å². The summed E-state index contributed by atoms with van der Waals surface area (Å²) in [5.41, 5.74) is 0.985. The number of aliphatic hydroxyl groups excluding tert-OH is 3. The summed E-state index contributed by atoms with van der Waals surface area (Å²) >= 11 is 0. The second-order valence-electron chi connectivity index (χ2n) is 22.3. The average Bonchev–Trinajstić information content (AvgIpc) is 1.87. The van der Waals surface area contributed by atoms with Crippen LogP contribution in [0.25, 0.3) is 22.3 Å². The molecular weight excluding hydrogens is 1100 g/mol. The summed E-state index contributed by atoms with van der Waals surface area (Å²) in [6.45, 7) is 8.74. The molecular formula is C55H68FN7O20. The number of aryl methyl sites for hydroxylation is 1. The Hall–Kier alpha value is -7.47. The van der Waals surface area contributed by atoms with Crippen molar-refractivity contribution in [2.45, 2.75) is 160 Å². The number of esters is 1. The molecule has 450 valence electrons. The van der Waals surface area contributed by atoms with Gasteiger partial charge >= 0.3 is 24.1 Å². The molecule has 6 heterocycles. The number of hydrogen-bond donors (Lipinski definition) is 9. The quantitative estimate of drug-likeness (QED) is 0.0179. The van der Waals surface area contributed by atoms with E-state index in [1.165, 1.54) is 24.5 Å². The number of amides is 6. The van der Waals surface area contributed by atoms with Crippen molar-refractivity contribution in [2.75, 3.05) is 33.1 Å². The van der Waals surface area contributed by atoms with Gasteiger partial charge in [-0.05, 0) is 94.4 Å². The summed E-state index contributed by atoms with van der Waals surface area (Å²) in [5, 5.41) is 62.8. The van der Waals surface area contributed by atoms with E-state index in [9.17, 15) is 68.7 Å². The van der Waals surface area contributed by atoms with Crippen LogP contribution in [0.3, 0.4) is 0 Å². The first-order chi connectivity index (χ1) is 39.1. The first-order valence-electron chi connectivity index (χ1n) is 27.1. The highest BCUT2D eigenvalue weighted by Crippen LogP contribution is 2.48. The van der Waals surface area contributed by atoms with Crippen molar-refractivity contribution in [1.29, 1.82) is 0 Å². The molecule has 6 amide bonds. The number of fused-ring (bicyclic) bond motifs is 5. The van der Waals surface area contributed by atoms with Crippen LogP contribution in [0.15, 0.2) is 29.1 Å². The Labute approximate surface area is 473 Å². The number of carboxylic acid groups (broad SMARTS) is 1. The van der Waals surface area contributed by atoms with Crippen LogP contribution in [-0.4, -0.2) is 175 Å². The lowest BCUT2D eigenvalue weighted by molar-refractivity contribution is -0.294. The third kappa shape index (κ3) is 12.7. The maximum atomic E-state index is 15.5. The monoisotopic (exact) mass is 1170 g/mol. The number of halogens is 1. The summed E-state index contributed by atoms with van der Waals surface area (Å²) < 4.78 is 49.5. The fourth-order valence-electron chi connectivity index (χ4n) is 10.9. The van der Waals surface area contributed by atoms with E-state index in [-0.39, 0.29) is 43.2 Å². The van der Waals surface area contributed by atoms with Gasteiger partial charge in [-0.1, -0.05) is 20.8 Å². The van der Waals surface area contributed by atoms with Gasteiger partial charge in [-0.3, -0.25) is 28.9 Å². The normalized spacial score (nSPS) is 23.6. The number of rotatable bonds is 21. The minimum atomic E-state index is -2.07. The molecule has 8 rings (SSSR count). The molecule has 1 aromatic carbocycles. The van der Waals surface area contributed by atoms with Crippen molar-refractivity contribution in [1.82, 2.24) is 35.7 Å². The number of aliphatic carboxylic acids is 1. The molecule has 1 unspecified atom stereocenters. The number of cyclic esters (lactones) is 1. The number of benzene rings is 1. The van der Waals surface area contributed by atoms with Gasteiger partial charge in [-0.2, -0.15) is 0 Å². The van der Waals surface area contributed by atoms with E-state index in [1.54, 1.807) is 40.7 Å². The van der Waals surface area contributed by atoms with Gasteiger partial charge in [0, 0.05) is 47.9 Å². The molecule has 0 radical (unpaired) electrons. The zero-order valence-electron chi connectivity index (χ0n) is 46.6. The van der Waals surface area contributed by atoms with E-state index in [0.717, 1.165) is 39.1 Å². The minimum Gasteiger partial charge on any atom is -0.479 e. The van der Waals surface area contributed by atoms with Crippen molar-refractivity contribution in [3.05, 3.63) is 73.8 Å². The van der Waals surface area contributed by atoms with E-state index < -0.39 is 152 Å². The Morgan fingerprint density at radius 2 is 1.64 bits per heavy atom. The fraction of sp³-hybridized carbons (Fsp3) is 0.564. The third-order valence-electron chi connectivity index (χ3n) is 15.3. The molecule has 83 heavy (non-hydrogen) atoms. The zero-order chi connectivity index (χ0) is 60.6. The number of pyridine rings is 2. The Bertz CT molecular complexity index is 3180. The lowest BCUT2D eigenvalue weighted by atomic mass is 9.76. The summed E-state index contributed by atoms with van der Waals surface area (Å²) in [5.74, 6) is -7.34. The Morgan fingerprint density at radius 1 is 0.928 bits per heavy atom. The SMILES string of the molecule is CC[C@@]1(O)C(=O)OCc2c1cc1n(c2=O)Cc2c-1nc1cc(F)c(C)c3c1c2C(CCCOCNC(=O)[C@H](CO[C@@H]1O[C@H](C(=O)O)[C@@H](O)[C@H](O)[C@H]1O)NC(=O)[C@@H](NC(=O)OC[C@H](CNC(=O)OC(C)(C)C)N1C(=O)C=CC1=O)C(C)C)CC3. The minimum absolute atomic E-state index is 0.0522. The number of carboxylic acids is 1. The van der Waals surface area contributed by atoms with Gasteiger partial charge in [0.15, 0.2) is 18.0 Å². The number of ether oxygens (including phenoxy) is 6. The lowest BCUT2D eigenvalue weighted by Gasteiger charge is -2.38. The van der Waals surface area contributed by atoms with Gasteiger partial charge in [0.25, 0.3) is 17.4 Å². The smallest absolute Gasteiger partial charge is 0.407 e. The summed E-state index contributed by atoms with van der Waals surface area (Å²) in [6, 6.07) is -1.45. The topological polar surface area (TPSA) is 379 Å². The molecule has 5 aliphatic rings. The number of nitrogens with zero attached hydrogens (tertiary/aromatic N) is 3. The van der Waals surface area contributed by atoms with Crippen LogP contribution in [0.5, 0.6) is 0 Å². The van der Waals surface area contributed by atoms with Crippen LogP contribution in [0.2, 0.25) is 0 Å². The molecule has 0 saturated carbocycles. The van der Waals surface area contributed by atoms with Gasteiger partial charge in [-0.25, -0.2) is 28.6 Å². The second kappa shape index (κ2) is 24.8. The summed E-state index contributed by atoms with van der Waals surface area (Å²) in [7, 11) is 0. The molecule has 1 fully saturated rings. The number of imide groups is 1. The number of carbonyl (C=O) groups is 8. The summed E-state index contributed by atoms with van der Waals surface area (Å²) in [4.78, 5) is 123. The molecule has 2 aromatic heterocycles. The molecule has 10 atom stereocenters. The van der Waals surface area contributed by atoms with Crippen LogP contribution < -0.4 is 26.8 Å². The Morgan fingerprint density at radius 3 is 2.30 bits per heavy atom. The summed E-state index contributed by atoms with van der Waals surface area (Å²) in [6.07, 6.45) is -8.32. The van der Waals surface area contributed by atoms with Crippen molar-refractivity contribution in [3.8, 4) is 11.4 Å². The van der Waals surface area contributed by atoms with Crippen LogP contribution >= 0.6 is 0 Å². The average molecular weight is 1170 g/mol. The predicted octanol–water partition coefficient (Wildman–Crippen LogP) is 0.390. The first-order valence-corrected chi connectivity index (χ1v) is 27.1. The number of aliphatic hydroxyl groups is 4. The van der Waals surface area contributed by atoms with Gasteiger partial charge in [0.05, 0.1) is 41.7 Å². The number of carbonyl (C=O) groups excluding carboxylic acids is 7. The largest absolute Gasteiger partial charge is 0.479 e. The standard InChI is InChI=1S/C55H68FN7O20/c1-8-55(77)31-16-35-41-29(19-62(35)48(71)30(31)21-80-51(55)74)38-26(11-12-28-25(4)32(56)17-33(59-41)39(28)38)10-9-15-78-23-58-46(69)34(22-79-50-44(68)42(66)43(67)45(82-50)49(72)73)60-47(70)40(24(2)3)61-53(76)81-20-27(63-36(64)13-14-37(63)65)18-57-52(75)83-54(5,6)7/h13-14,16-17,24,26-27,34,40,42-45,50,66-68,77H,8-12,15,18-23H2,1-7H3,(H,57,75)(H,58,69)(H,60,70)(H,61,76)(H,72,73)/t26?,27-,34-,40-,42-,43-,44+,45-,50+,55-/m0/s1. The highest BCUT2D eigenvalue weighted by Gasteiger charge is 2.49. The molecule has 0 bridgehead atoms. The van der Waals surface area contributed by atoms with Crippen molar-refractivity contribution in [3.63, 3.8) is 0 Å². The predicted molar refractivity (Wildman–Crippen MR) is 283 cm³/mol. The van der Waals surface area contributed by atoms with E-state index >= 15 is 4.39 Å². The molecule has 1 aliphatic carbocycles. The molecule has 1 saturated heterocycles. The first kappa shape index (κ1) is 61.6. The maximum Gasteiger partial charge on any atom is 0.407 e. The Balaban J connectivity index is 0.938. The highest BCUT2D eigenvalue weighted by atomic mass is 19.1. The molecule has 28 heteroatoms. The molecule has 4 aliphatic heterocycles. The van der Waals surface area contributed by atoms with Crippen molar-refractivity contribution >= 4 is 58.7 Å². The molecule has 27 nitrogen and oxygen atoms in total. The Kier molecular flexibility index (Phi) is 18.4. The van der Waals surface area contributed by atoms with Crippen LogP contribution in [0.1, 0.15) is 107 Å². The van der Waals surface area contributed by atoms with Gasteiger partial charge in [0.2, 0.25) is 11.8 Å². The second-order valence-corrected chi connectivity index (χ2v) is 22.3. The fourth-order valence-corrected chi connectivity index (χ4v) is 10.9. The van der Waals surface area contributed by atoms with E-state index in [1.807, 2.05) is 0 Å². The van der Waals surface area contributed by atoms with E-state index in [4.69, 9.17) is 33.4 Å². The lowest BCUT2D eigenvalue weighted by Crippen LogP contribution is -2.61. The van der Waals surface area contributed by atoms with Gasteiger partial charge < -0.3 is 79.8 Å². The zero-order valence-corrected chi connectivity index (χ0v) is 46.6. The van der Waals surface area contributed by atoms with Crippen LogP contribution in [-0.2, 0) is 82.4 Å². The molecule has 9 N–H and O–H groups in total. The van der Waals surface area contributed by atoms with Gasteiger partial charge in [-0.15, -0.1) is 0 Å². The van der Waals surface area contributed by atoms with Crippen LogP contribution in [0, 0.1) is 18.7 Å². The van der Waals surface area contributed by atoms with Gasteiger partial charge in [0.1, 0.15) is 61.8 Å². The highest BCUT2D eigenvalue weighted by molar-refractivity contribution is 6.13. The number of hydrogen-bond acceptors (Lipinski definition) is 20. The molecule has 3 aromatic rings. The molecule has 0 spiro atoms. The number of aromatic nitrogens is 2. The van der Waals surface area contributed by atoms with Crippen LogP contribution in [0.4, 0.5) is 14.0 Å². The van der Waals surface area contributed by atoms with E-state index in [2.05, 4.69) is 21.3 Å². The van der Waals surface area contributed by atoms with E-state index in [0.29, 0.717) is 48.2 Å². The number of nitrogens with one attached hydrogen (secondary N) is 4.